The normalized spacial score (nSPS) is 24.5. The summed E-state index contributed by atoms with van der Waals surface area (Å²) in [5.74, 6) is 5.38. The highest BCUT2D eigenvalue weighted by molar-refractivity contribution is 7.89. The number of anilines is 1. The number of hydrazine groups is 1. The smallest absolute Gasteiger partial charge is 0.246 e. The summed E-state index contributed by atoms with van der Waals surface area (Å²) in [5.41, 5.74) is 2.28. The molecule has 2 saturated heterocycles. The van der Waals surface area contributed by atoms with Crippen molar-refractivity contribution in [3.8, 4) is 0 Å². The number of nitrogens with zero attached hydrogens (tertiary/aromatic N) is 4. The van der Waals surface area contributed by atoms with Gasteiger partial charge in [0.2, 0.25) is 16.0 Å². The summed E-state index contributed by atoms with van der Waals surface area (Å²) in [6.45, 7) is 3.27. The van der Waals surface area contributed by atoms with Crippen LogP contribution in [-0.4, -0.2) is 59.8 Å². The Morgan fingerprint density at radius 3 is 2.48 bits per heavy atom. The minimum absolute atomic E-state index is 0.114. The van der Waals surface area contributed by atoms with Gasteiger partial charge in [0.25, 0.3) is 0 Å². The van der Waals surface area contributed by atoms with Crippen LogP contribution < -0.4 is 11.3 Å². The average molecular weight is 312 g/mol. The van der Waals surface area contributed by atoms with E-state index in [0.29, 0.717) is 19.1 Å². The zero-order valence-electron chi connectivity index (χ0n) is 11.8. The van der Waals surface area contributed by atoms with E-state index in [1.807, 2.05) is 0 Å². The standard InChI is InChI=1S/C12H20N6O2S/c13-16-12-14-7-11(8-15-12)21(19,20)18-6-3-10(9-18)17-4-1-2-5-17/h7-8,10H,1-6,9,13H2,(H,14,15,16). The molecule has 0 radical (unpaired) electrons. The SMILES string of the molecule is NNc1ncc(S(=O)(=O)N2CCC(N3CCCC3)C2)cn1. The van der Waals surface area contributed by atoms with Gasteiger partial charge in [-0.3, -0.25) is 10.3 Å². The Kier molecular flexibility index (Phi) is 4.07. The Hall–Kier alpha value is -1.29. The predicted molar refractivity (Wildman–Crippen MR) is 77.8 cm³/mol. The second-order valence-corrected chi connectivity index (χ2v) is 7.37. The van der Waals surface area contributed by atoms with E-state index in [1.54, 1.807) is 0 Å². The summed E-state index contributed by atoms with van der Waals surface area (Å²) in [5, 5.41) is 0. The molecular formula is C12H20N6O2S. The molecule has 0 aliphatic carbocycles. The minimum Gasteiger partial charge on any atom is -0.299 e. The van der Waals surface area contributed by atoms with Crippen LogP contribution in [-0.2, 0) is 10.0 Å². The van der Waals surface area contributed by atoms with Crippen molar-refractivity contribution in [1.82, 2.24) is 19.2 Å². The number of likely N-dealkylation sites (tertiary alicyclic amines) is 1. The van der Waals surface area contributed by atoms with Crippen molar-refractivity contribution in [2.75, 3.05) is 31.6 Å². The van der Waals surface area contributed by atoms with Crippen molar-refractivity contribution in [1.29, 1.82) is 0 Å². The number of hydrogen-bond acceptors (Lipinski definition) is 7. The lowest BCUT2D eigenvalue weighted by molar-refractivity contribution is 0.251. The van der Waals surface area contributed by atoms with Crippen LogP contribution in [0.25, 0.3) is 0 Å². The van der Waals surface area contributed by atoms with Crippen LogP contribution in [0.2, 0.25) is 0 Å². The first kappa shape index (κ1) is 14.6. The summed E-state index contributed by atoms with van der Waals surface area (Å²) in [6, 6.07) is 0.341. The fraction of sp³-hybridized carbons (Fsp3) is 0.667. The highest BCUT2D eigenvalue weighted by atomic mass is 32.2. The highest BCUT2D eigenvalue weighted by Crippen LogP contribution is 2.25. The van der Waals surface area contributed by atoms with Crippen LogP contribution in [0.3, 0.4) is 0 Å². The minimum atomic E-state index is -3.51. The fourth-order valence-electron chi connectivity index (χ4n) is 3.01. The third-order valence-corrected chi connectivity index (χ3v) is 6.00. The molecule has 1 aromatic rings. The summed E-state index contributed by atoms with van der Waals surface area (Å²) in [6.07, 6.45) is 5.90. The van der Waals surface area contributed by atoms with E-state index in [9.17, 15) is 8.42 Å². The first-order chi connectivity index (χ1) is 10.1. The lowest BCUT2D eigenvalue weighted by Gasteiger charge is -2.23. The van der Waals surface area contributed by atoms with Crippen molar-refractivity contribution in [3.05, 3.63) is 12.4 Å². The molecule has 0 amide bonds. The number of nitrogens with one attached hydrogen (secondary N) is 1. The van der Waals surface area contributed by atoms with Gasteiger partial charge in [0.05, 0.1) is 12.4 Å². The van der Waals surface area contributed by atoms with E-state index < -0.39 is 10.0 Å². The van der Waals surface area contributed by atoms with Crippen molar-refractivity contribution in [2.24, 2.45) is 5.84 Å². The molecule has 0 bridgehead atoms. The Balaban J connectivity index is 1.72. The van der Waals surface area contributed by atoms with Gasteiger partial charge in [-0.2, -0.15) is 4.31 Å². The maximum atomic E-state index is 12.6. The van der Waals surface area contributed by atoms with Gasteiger partial charge in [-0.25, -0.2) is 24.2 Å². The third kappa shape index (κ3) is 2.86. The maximum Gasteiger partial charge on any atom is 0.246 e. The highest BCUT2D eigenvalue weighted by Gasteiger charge is 2.36. The summed E-state index contributed by atoms with van der Waals surface area (Å²) < 4.78 is 26.7. The number of aromatic nitrogens is 2. The van der Waals surface area contributed by atoms with E-state index in [0.717, 1.165) is 19.5 Å². The van der Waals surface area contributed by atoms with Gasteiger partial charge < -0.3 is 0 Å². The first-order valence-electron chi connectivity index (χ1n) is 7.14. The van der Waals surface area contributed by atoms with Crippen LogP contribution in [0.1, 0.15) is 19.3 Å². The topological polar surface area (TPSA) is 104 Å². The van der Waals surface area contributed by atoms with Crippen molar-refractivity contribution in [3.63, 3.8) is 0 Å². The van der Waals surface area contributed by atoms with E-state index in [-0.39, 0.29) is 10.8 Å². The van der Waals surface area contributed by atoms with Crippen LogP contribution in [0.5, 0.6) is 0 Å². The zero-order chi connectivity index (χ0) is 14.9. The quantitative estimate of drug-likeness (QED) is 0.577. The Morgan fingerprint density at radius 2 is 1.86 bits per heavy atom. The van der Waals surface area contributed by atoms with Gasteiger partial charge in [0.1, 0.15) is 4.90 Å². The van der Waals surface area contributed by atoms with Crippen LogP contribution >= 0.6 is 0 Å². The number of rotatable bonds is 4. The molecule has 21 heavy (non-hydrogen) atoms. The molecule has 0 saturated carbocycles. The fourth-order valence-corrected chi connectivity index (χ4v) is 4.39. The van der Waals surface area contributed by atoms with Crippen LogP contribution in [0.4, 0.5) is 5.95 Å². The number of nitrogens with two attached hydrogens (primary N) is 1. The Bertz CT molecular complexity index is 584. The monoisotopic (exact) mass is 312 g/mol. The summed E-state index contributed by atoms with van der Waals surface area (Å²) >= 11 is 0. The molecule has 3 heterocycles. The van der Waals surface area contributed by atoms with Gasteiger partial charge in [-0.1, -0.05) is 0 Å². The largest absolute Gasteiger partial charge is 0.299 e. The molecule has 9 heteroatoms. The summed E-state index contributed by atoms with van der Waals surface area (Å²) in [7, 11) is -3.51. The number of sulfonamides is 1. The molecule has 2 aliphatic heterocycles. The van der Waals surface area contributed by atoms with Gasteiger partial charge >= 0.3 is 0 Å². The van der Waals surface area contributed by atoms with Gasteiger partial charge in [-0.05, 0) is 32.4 Å². The molecule has 1 atom stereocenters. The number of nitrogen functional groups attached to an aromatic ring is 1. The molecule has 0 spiro atoms. The Labute approximate surface area is 124 Å². The molecule has 1 aromatic heterocycles. The second-order valence-electron chi connectivity index (χ2n) is 5.44. The van der Waals surface area contributed by atoms with E-state index in [4.69, 9.17) is 5.84 Å². The van der Waals surface area contributed by atoms with Crippen LogP contribution in [0, 0.1) is 0 Å². The average Bonchev–Trinajstić information content (AvgIpc) is 3.18. The predicted octanol–water partition coefficient (Wildman–Crippen LogP) is -0.379. The van der Waals surface area contributed by atoms with Gasteiger partial charge in [0.15, 0.2) is 0 Å². The molecule has 2 aliphatic rings. The molecule has 1 unspecified atom stereocenters. The van der Waals surface area contributed by atoms with Gasteiger partial charge in [0, 0.05) is 19.1 Å². The van der Waals surface area contributed by atoms with Crippen molar-refractivity contribution in [2.45, 2.75) is 30.2 Å². The molecule has 3 rings (SSSR count). The second kappa shape index (κ2) is 5.84. The lowest BCUT2D eigenvalue weighted by Crippen LogP contribution is -2.37. The number of hydrogen-bond donors (Lipinski definition) is 2. The lowest BCUT2D eigenvalue weighted by atomic mass is 10.2. The molecule has 2 fully saturated rings. The van der Waals surface area contributed by atoms with Gasteiger partial charge in [-0.15, -0.1) is 0 Å². The van der Waals surface area contributed by atoms with E-state index >= 15 is 0 Å². The molecule has 3 N–H and O–H groups in total. The van der Waals surface area contributed by atoms with E-state index in [2.05, 4.69) is 20.3 Å². The molecule has 116 valence electrons. The molecule has 8 nitrogen and oxygen atoms in total. The van der Waals surface area contributed by atoms with Crippen molar-refractivity contribution < 1.29 is 8.42 Å². The first-order valence-corrected chi connectivity index (χ1v) is 8.58. The molecular weight excluding hydrogens is 292 g/mol. The Morgan fingerprint density at radius 1 is 1.19 bits per heavy atom. The van der Waals surface area contributed by atoms with Crippen LogP contribution in [0.15, 0.2) is 17.3 Å². The maximum absolute atomic E-state index is 12.6. The van der Waals surface area contributed by atoms with E-state index in [1.165, 1.54) is 29.5 Å². The third-order valence-electron chi connectivity index (χ3n) is 4.18. The summed E-state index contributed by atoms with van der Waals surface area (Å²) in [4.78, 5) is 10.2. The van der Waals surface area contributed by atoms with Crippen molar-refractivity contribution >= 4 is 16.0 Å². The molecule has 0 aromatic carbocycles. The zero-order valence-corrected chi connectivity index (χ0v) is 12.6.